The van der Waals surface area contributed by atoms with Crippen molar-refractivity contribution in [2.45, 2.75) is 32.7 Å². The van der Waals surface area contributed by atoms with Crippen LogP contribution >= 0.6 is 0 Å². The maximum Gasteiger partial charge on any atom is 0.284 e. The highest BCUT2D eigenvalue weighted by atomic mass is 16.2. The Morgan fingerprint density at radius 2 is 1.81 bits per heavy atom. The number of nitrogens with two attached hydrogens (primary N) is 1. The molecule has 0 spiro atoms. The van der Waals surface area contributed by atoms with Crippen molar-refractivity contribution in [2.75, 3.05) is 24.5 Å². The van der Waals surface area contributed by atoms with E-state index in [1.807, 2.05) is 43.0 Å². The predicted octanol–water partition coefficient (Wildman–Crippen LogP) is 1.36. The number of quaternary nitrogens is 1. The minimum absolute atomic E-state index is 0.0404. The van der Waals surface area contributed by atoms with Gasteiger partial charge >= 0.3 is 0 Å². The van der Waals surface area contributed by atoms with Gasteiger partial charge in [0.05, 0.1) is 18.8 Å². The van der Waals surface area contributed by atoms with Crippen LogP contribution in [0.4, 0.5) is 5.69 Å². The molecule has 0 aromatic heterocycles. The van der Waals surface area contributed by atoms with Crippen LogP contribution in [0.2, 0.25) is 0 Å². The van der Waals surface area contributed by atoms with Gasteiger partial charge in [-0.25, -0.2) is 0 Å². The molecule has 0 radical (unpaired) electrons. The van der Waals surface area contributed by atoms with Crippen molar-refractivity contribution < 1.29 is 14.5 Å². The standard InChI is InChI=1S/C21H27N3O2/c1-3-24(19-10-6-8-16-7-4-5-9-18(16)19)21(26)15(2)23-13-11-17(12-14-23)20(22)25/h4-10,15,17H,3,11-14H2,1-2H3,(H2,22,25)/p+1/t15-/m0/s1. The van der Waals surface area contributed by atoms with Gasteiger partial charge in [-0.05, 0) is 25.3 Å². The topological polar surface area (TPSA) is 67.8 Å². The van der Waals surface area contributed by atoms with Crippen molar-refractivity contribution in [3.05, 3.63) is 42.5 Å². The Kier molecular flexibility index (Phi) is 5.57. The summed E-state index contributed by atoms with van der Waals surface area (Å²) in [6.45, 7) is 6.27. The molecule has 0 bridgehead atoms. The zero-order valence-corrected chi connectivity index (χ0v) is 15.6. The molecule has 2 aromatic carbocycles. The number of piperidine rings is 1. The van der Waals surface area contributed by atoms with Gasteiger partial charge in [-0.1, -0.05) is 36.4 Å². The molecule has 1 fully saturated rings. The van der Waals surface area contributed by atoms with Crippen molar-refractivity contribution in [1.29, 1.82) is 0 Å². The number of anilines is 1. The van der Waals surface area contributed by atoms with Gasteiger partial charge in [0, 0.05) is 30.7 Å². The first-order valence-corrected chi connectivity index (χ1v) is 9.46. The summed E-state index contributed by atoms with van der Waals surface area (Å²) in [5.41, 5.74) is 6.39. The average Bonchev–Trinajstić information content (AvgIpc) is 2.68. The normalized spacial score (nSPS) is 21.3. The van der Waals surface area contributed by atoms with Crippen LogP contribution in [-0.4, -0.2) is 37.5 Å². The number of amides is 2. The molecule has 0 saturated carbocycles. The summed E-state index contributed by atoms with van der Waals surface area (Å²) < 4.78 is 0. The lowest BCUT2D eigenvalue weighted by Crippen LogP contribution is -3.17. The molecule has 5 heteroatoms. The largest absolute Gasteiger partial charge is 0.369 e. The number of likely N-dealkylation sites (N-methyl/N-ethyl adjacent to an activating group) is 1. The molecule has 0 aliphatic carbocycles. The van der Waals surface area contributed by atoms with Crippen molar-refractivity contribution in [3.8, 4) is 0 Å². The molecule has 2 aromatic rings. The summed E-state index contributed by atoms with van der Waals surface area (Å²) >= 11 is 0. The summed E-state index contributed by atoms with van der Waals surface area (Å²) in [6.07, 6.45) is 1.53. The predicted molar refractivity (Wildman–Crippen MR) is 104 cm³/mol. The Bertz CT molecular complexity index is 791. The van der Waals surface area contributed by atoms with Gasteiger partial charge in [-0.15, -0.1) is 0 Å². The Hall–Kier alpha value is -2.40. The summed E-state index contributed by atoms with van der Waals surface area (Å²) in [5, 5.41) is 2.23. The van der Waals surface area contributed by atoms with Crippen LogP contribution in [0.1, 0.15) is 26.7 Å². The Balaban J connectivity index is 1.79. The number of benzene rings is 2. The minimum atomic E-state index is -0.214. The van der Waals surface area contributed by atoms with Gasteiger partial charge in [0.2, 0.25) is 5.91 Å². The van der Waals surface area contributed by atoms with Gasteiger partial charge in [0.15, 0.2) is 6.04 Å². The van der Waals surface area contributed by atoms with E-state index in [2.05, 4.69) is 18.2 Å². The van der Waals surface area contributed by atoms with E-state index in [1.165, 1.54) is 4.90 Å². The van der Waals surface area contributed by atoms with Gasteiger partial charge in [0.1, 0.15) is 0 Å². The molecular weight excluding hydrogens is 326 g/mol. The molecule has 138 valence electrons. The van der Waals surface area contributed by atoms with E-state index < -0.39 is 0 Å². The molecule has 1 aliphatic heterocycles. The van der Waals surface area contributed by atoms with E-state index in [0.29, 0.717) is 6.54 Å². The van der Waals surface area contributed by atoms with E-state index in [9.17, 15) is 9.59 Å². The number of nitrogens with one attached hydrogen (secondary N) is 1. The van der Waals surface area contributed by atoms with E-state index in [1.54, 1.807) is 0 Å². The van der Waals surface area contributed by atoms with Crippen LogP contribution in [0.5, 0.6) is 0 Å². The number of nitrogens with zero attached hydrogens (tertiary/aromatic N) is 1. The smallest absolute Gasteiger partial charge is 0.284 e. The number of carbonyl (C=O) groups excluding carboxylic acids is 2. The number of hydrogen-bond donors (Lipinski definition) is 2. The fraction of sp³-hybridized carbons (Fsp3) is 0.429. The number of carbonyl (C=O) groups is 2. The molecule has 1 atom stereocenters. The fourth-order valence-corrected chi connectivity index (χ4v) is 4.00. The zero-order chi connectivity index (χ0) is 18.7. The van der Waals surface area contributed by atoms with E-state index in [-0.39, 0.29) is 23.8 Å². The number of likely N-dealkylation sites (tertiary alicyclic amines) is 1. The van der Waals surface area contributed by atoms with Crippen molar-refractivity contribution in [3.63, 3.8) is 0 Å². The van der Waals surface area contributed by atoms with E-state index >= 15 is 0 Å². The fourth-order valence-electron chi connectivity index (χ4n) is 4.00. The Morgan fingerprint density at radius 1 is 1.15 bits per heavy atom. The summed E-state index contributed by atoms with van der Waals surface area (Å²) in [7, 11) is 0. The highest BCUT2D eigenvalue weighted by Crippen LogP contribution is 2.27. The second-order valence-corrected chi connectivity index (χ2v) is 7.14. The maximum absolute atomic E-state index is 13.2. The molecule has 26 heavy (non-hydrogen) atoms. The highest BCUT2D eigenvalue weighted by molar-refractivity contribution is 6.04. The molecule has 1 aliphatic rings. The third-order valence-corrected chi connectivity index (χ3v) is 5.65. The van der Waals surface area contributed by atoms with Gasteiger partial charge in [-0.2, -0.15) is 0 Å². The monoisotopic (exact) mass is 354 g/mol. The maximum atomic E-state index is 13.2. The first kappa shape index (κ1) is 18.4. The van der Waals surface area contributed by atoms with Gasteiger partial charge < -0.3 is 15.5 Å². The van der Waals surface area contributed by atoms with E-state index in [0.717, 1.165) is 42.4 Å². The van der Waals surface area contributed by atoms with Crippen LogP contribution in [0.15, 0.2) is 42.5 Å². The Labute approximate surface area is 154 Å². The average molecular weight is 354 g/mol. The summed E-state index contributed by atoms with van der Waals surface area (Å²) in [4.78, 5) is 27.7. The van der Waals surface area contributed by atoms with Crippen molar-refractivity contribution >= 4 is 28.3 Å². The van der Waals surface area contributed by atoms with E-state index in [4.69, 9.17) is 5.73 Å². The lowest BCUT2D eigenvalue weighted by Gasteiger charge is -2.34. The van der Waals surface area contributed by atoms with Crippen LogP contribution in [0.25, 0.3) is 10.8 Å². The Morgan fingerprint density at radius 3 is 2.46 bits per heavy atom. The first-order valence-electron chi connectivity index (χ1n) is 9.46. The number of fused-ring (bicyclic) bond motifs is 1. The SMILES string of the molecule is CCN(C(=O)[C@H](C)[NH+]1CCC(C(N)=O)CC1)c1cccc2ccccc12. The molecule has 5 nitrogen and oxygen atoms in total. The van der Waals surface area contributed by atoms with Crippen LogP contribution in [0.3, 0.4) is 0 Å². The molecule has 2 amide bonds. The second kappa shape index (κ2) is 7.87. The number of primary amides is 1. The number of rotatable bonds is 5. The number of hydrogen-bond acceptors (Lipinski definition) is 2. The van der Waals surface area contributed by atoms with Crippen LogP contribution < -0.4 is 15.5 Å². The third kappa shape index (κ3) is 3.58. The zero-order valence-electron chi connectivity index (χ0n) is 15.6. The van der Waals surface area contributed by atoms with Crippen molar-refractivity contribution in [1.82, 2.24) is 0 Å². The summed E-state index contributed by atoms with van der Waals surface area (Å²) in [5.74, 6) is -0.119. The molecular formula is C21H28N3O2+. The molecule has 0 unspecified atom stereocenters. The molecule has 3 N–H and O–H groups in total. The van der Waals surface area contributed by atoms with Crippen molar-refractivity contribution in [2.24, 2.45) is 11.7 Å². The molecule has 1 heterocycles. The molecule has 1 saturated heterocycles. The van der Waals surface area contributed by atoms with Crippen LogP contribution in [-0.2, 0) is 9.59 Å². The molecule has 3 rings (SSSR count). The lowest BCUT2D eigenvalue weighted by atomic mass is 9.95. The minimum Gasteiger partial charge on any atom is -0.369 e. The van der Waals surface area contributed by atoms with Gasteiger partial charge in [-0.3, -0.25) is 9.59 Å². The first-order chi connectivity index (χ1) is 12.5. The highest BCUT2D eigenvalue weighted by Gasteiger charge is 2.34. The van der Waals surface area contributed by atoms with Crippen LogP contribution in [0, 0.1) is 5.92 Å². The summed E-state index contributed by atoms with van der Waals surface area (Å²) in [6, 6.07) is 14.1. The second-order valence-electron chi connectivity index (χ2n) is 7.14. The lowest BCUT2D eigenvalue weighted by molar-refractivity contribution is -0.919. The third-order valence-electron chi connectivity index (χ3n) is 5.65. The van der Waals surface area contributed by atoms with Gasteiger partial charge in [0.25, 0.3) is 5.91 Å². The quantitative estimate of drug-likeness (QED) is 0.851.